The molecule has 18 heavy (non-hydrogen) atoms. The van der Waals surface area contributed by atoms with E-state index in [4.69, 9.17) is 5.73 Å². The lowest BCUT2D eigenvalue weighted by atomic mass is 10.5. The number of aryl methyl sites for hydroxylation is 1. The zero-order valence-electron chi connectivity index (χ0n) is 9.51. The molecule has 0 radical (unpaired) electrons. The van der Waals surface area contributed by atoms with Gasteiger partial charge in [0.1, 0.15) is 5.82 Å². The Morgan fingerprint density at radius 3 is 3.00 bits per heavy atom. The van der Waals surface area contributed by atoms with Gasteiger partial charge in [0.15, 0.2) is 10.2 Å². The Morgan fingerprint density at radius 1 is 1.56 bits per heavy atom. The lowest BCUT2D eigenvalue weighted by Crippen LogP contribution is -2.25. The molecule has 0 atom stereocenters. The van der Waals surface area contributed by atoms with E-state index in [1.165, 1.54) is 23.1 Å². The van der Waals surface area contributed by atoms with Crippen LogP contribution in [0.25, 0.3) is 0 Å². The fraction of sp³-hybridized carbons (Fsp3) is 0.375. The highest BCUT2D eigenvalue weighted by Gasteiger charge is 2.07. The van der Waals surface area contributed by atoms with Gasteiger partial charge in [0.05, 0.1) is 12.3 Å². The first-order valence-corrected chi connectivity index (χ1v) is 6.80. The van der Waals surface area contributed by atoms with E-state index in [9.17, 15) is 4.79 Å². The summed E-state index contributed by atoms with van der Waals surface area (Å²) in [6.45, 7) is 2.11. The minimum Gasteiger partial charge on any atom is -0.374 e. The molecule has 0 spiro atoms. The molecule has 0 aliphatic heterocycles. The molecule has 0 aliphatic carbocycles. The monoisotopic (exact) mass is 285 g/mol. The first-order valence-electron chi connectivity index (χ1n) is 5.00. The molecule has 2 rings (SSSR count). The zero-order chi connectivity index (χ0) is 13.0. The minimum atomic E-state index is -0.115. The summed E-state index contributed by atoms with van der Waals surface area (Å²) in [6.07, 6.45) is 0. The van der Waals surface area contributed by atoms with Crippen LogP contribution in [0.4, 0.5) is 5.13 Å². The molecular formula is C8H11N7OS2. The van der Waals surface area contributed by atoms with E-state index in [0.717, 1.165) is 5.82 Å². The van der Waals surface area contributed by atoms with Crippen molar-refractivity contribution in [2.24, 2.45) is 0 Å². The van der Waals surface area contributed by atoms with E-state index in [0.29, 0.717) is 21.8 Å². The number of hydrogen-bond acceptors (Lipinski definition) is 8. The van der Waals surface area contributed by atoms with E-state index < -0.39 is 0 Å². The fourth-order valence-corrected chi connectivity index (χ4v) is 2.57. The van der Waals surface area contributed by atoms with Crippen molar-refractivity contribution in [2.45, 2.75) is 17.8 Å². The number of thioether (sulfide) groups is 1. The average molecular weight is 285 g/mol. The van der Waals surface area contributed by atoms with E-state index in [1.807, 2.05) is 0 Å². The molecule has 4 N–H and O–H groups in total. The number of aromatic nitrogens is 5. The third-order valence-electron chi connectivity index (χ3n) is 1.84. The van der Waals surface area contributed by atoms with Crippen LogP contribution >= 0.6 is 23.1 Å². The maximum Gasteiger partial charge on any atom is 0.230 e. The minimum absolute atomic E-state index is 0.115. The van der Waals surface area contributed by atoms with Crippen molar-refractivity contribution in [3.05, 3.63) is 11.6 Å². The van der Waals surface area contributed by atoms with Crippen molar-refractivity contribution >= 4 is 34.1 Å². The molecule has 0 aliphatic rings. The quantitative estimate of drug-likeness (QED) is 0.658. The van der Waals surface area contributed by atoms with Crippen molar-refractivity contribution in [3.63, 3.8) is 0 Å². The zero-order valence-corrected chi connectivity index (χ0v) is 11.1. The summed E-state index contributed by atoms with van der Waals surface area (Å²) in [5.74, 6) is 1.43. The highest BCUT2D eigenvalue weighted by molar-refractivity contribution is 8.01. The number of rotatable bonds is 5. The number of nitrogens with one attached hydrogen (secondary N) is 2. The largest absolute Gasteiger partial charge is 0.374 e. The van der Waals surface area contributed by atoms with Gasteiger partial charge in [0.25, 0.3) is 0 Å². The number of amides is 1. The molecule has 8 nitrogen and oxygen atoms in total. The van der Waals surface area contributed by atoms with Crippen LogP contribution in [0.15, 0.2) is 4.34 Å². The lowest BCUT2D eigenvalue weighted by molar-refractivity contribution is -0.118. The molecule has 0 bridgehead atoms. The van der Waals surface area contributed by atoms with Crippen LogP contribution < -0.4 is 11.1 Å². The van der Waals surface area contributed by atoms with Crippen LogP contribution in [0.3, 0.4) is 0 Å². The van der Waals surface area contributed by atoms with E-state index in [1.54, 1.807) is 6.92 Å². The maximum absolute atomic E-state index is 11.5. The number of nitrogens with two attached hydrogens (primary N) is 1. The van der Waals surface area contributed by atoms with Crippen molar-refractivity contribution in [2.75, 3.05) is 11.5 Å². The molecule has 10 heteroatoms. The summed E-state index contributed by atoms with van der Waals surface area (Å²) in [4.78, 5) is 15.6. The smallest absolute Gasteiger partial charge is 0.230 e. The summed E-state index contributed by atoms with van der Waals surface area (Å²) in [6, 6.07) is 0. The van der Waals surface area contributed by atoms with Crippen LogP contribution in [-0.4, -0.2) is 37.0 Å². The number of hydrogen-bond donors (Lipinski definition) is 3. The fourth-order valence-electron chi connectivity index (χ4n) is 1.10. The second kappa shape index (κ2) is 5.78. The van der Waals surface area contributed by atoms with Gasteiger partial charge in [-0.15, -0.1) is 10.2 Å². The lowest BCUT2D eigenvalue weighted by Gasteiger charge is -2.00. The number of carbonyl (C=O) groups is 1. The van der Waals surface area contributed by atoms with E-state index in [-0.39, 0.29) is 11.7 Å². The molecule has 0 saturated heterocycles. The highest BCUT2D eigenvalue weighted by atomic mass is 32.2. The summed E-state index contributed by atoms with van der Waals surface area (Å²) in [5, 5.41) is 17.2. The summed E-state index contributed by atoms with van der Waals surface area (Å²) in [7, 11) is 0. The normalized spacial score (nSPS) is 10.5. The predicted octanol–water partition coefficient (Wildman–Crippen LogP) is -0.0447. The van der Waals surface area contributed by atoms with Gasteiger partial charge >= 0.3 is 0 Å². The Labute approximate surface area is 111 Å². The van der Waals surface area contributed by atoms with Crippen molar-refractivity contribution in [3.8, 4) is 0 Å². The van der Waals surface area contributed by atoms with Gasteiger partial charge in [0.2, 0.25) is 11.0 Å². The molecule has 0 unspecified atom stereocenters. The number of nitrogens with zero attached hydrogens (tertiary/aromatic N) is 4. The molecule has 0 fully saturated rings. The number of H-pyrrole nitrogens is 1. The number of carbonyl (C=O) groups excluding carboxylic acids is 1. The van der Waals surface area contributed by atoms with Crippen LogP contribution in [-0.2, 0) is 11.3 Å². The summed E-state index contributed by atoms with van der Waals surface area (Å²) < 4.78 is 0.677. The van der Waals surface area contributed by atoms with Gasteiger partial charge in [-0.1, -0.05) is 23.1 Å². The van der Waals surface area contributed by atoms with Crippen LogP contribution in [0, 0.1) is 6.92 Å². The molecule has 0 aromatic carbocycles. The Morgan fingerprint density at radius 2 is 2.39 bits per heavy atom. The molecule has 2 aromatic rings. The second-order valence-corrected chi connectivity index (χ2v) is 5.54. The standard InChI is InChI=1S/C8H11N7OS2/c1-4-11-5(13-12-4)2-10-6(16)3-17-8-15-14-7(9)18-8/h2-3H2,1H3,(H2,9,14)(H,10,16)(H,11,12,13). The van der Waals surface area contributed by atoms with Crippen molar-refractivity contribution in [1.29, 1.82) is 0 Å². The Kier molecular flexibility index (Phi) is 4.10. The Bertz CT molecular complexity index is 491. The number of aromatic amines is 1. The topological polar surface area (TPSA) is 122 Å². The summed E-state index contributed by atoms with van der Waals surface area (Å²) >= 11 is 2.55. The van der Waals surface area contributed by atoms with Gasteiger partial charge in [-0.05, 0) is 6.92 Å². The number of nitrogen functional groups attached to an aromatic ring is 1. The molecule has 0 saturated carbocycles. The Hall–Kier alpha value is -1.68. The molecule has 96 valence electrons. The van der Waals surface area contributed by atoms with Gasteiger partial charge in [-0.2, -0.15) is 5.10 Å². The highest BCUT2D eigenvalue weighted by Crippen LogP contribution is 2.22. The molecular weight excluding hydrogens is 274 g/mol. The number of anilines is 1. The maximum atomic E-state index is 11.5. The van der Waals surface area contributed by atoms with Gasteiger partial charge in [-0.3, -0.25) is 9.89 Å². The predicted molar refractivity (Wildman–Crippen MR) is 68.0 cm³/mol. The first kappa shape index (κ1) is 12.8. The average Bonchev–Trinajstić information content (AvgIpc) is 2.93. The summed E-state index contributed by atoms with van der Waals surface area (Å²) in [5.41, 5.74) is 5.43. The van der Waals surface area contributed by atoms with Gasteiger partial charge < -0.3 is 11.1 Å². The van der Waals surface area contributed by atoms with Crippen molar-refractivity contribution in [1.82, 2.24) is 30.7 Å². The van der Waals surface area contributed by atoms with E-state index in [2.05, 4.69) is 30.7 Å². The third kappa shape index (κ3) is 3.67. The van der Waals surface area contributed by atoms with Crippen LogP contribution in [0.1, 0.15) is 11.6 Å². The van der Waals surface area contributed by atoms with Gasteiger partial charge in [-0.25, -0.2) is 4.98 Å². The molecule has 1 amide bonds. The first-order chi connectivity index (χ1) is 8.63. The second-order valence-electron chi connectivity index (χ2n) is 3.31. The van der Waals surface area contributed by atoms with Crippen LogP contribution in [0.5, 0.6) is 0 Å². The Balaban J connectivity index is 1.72. The molecule has 2 heterocycles. The third-order valence-corrected chi connectivity index (χ3v) is 3.72. The van der Waals surface area contributed by atoms with Gasteiger partial charge in [0, 0.05) is 0 Å². The SMILES string of the molecule is Cc1nc(CNC(=O)CSc2nnc(N)s2)n[nH]1. The molecule has 2 aromatic heterocycles. The van der Waals surface area contributed by atoms with E-state index >= 15 is 0 Å². The van der Waals surface area contributed by atoms with Crippen LogP contribution in [0.2, 0.25) is 0 Å². The van der Waals surface area contributed by atoms with Crippen molar-refractivity contribution < 1.29 is 4.79 Å².